The van der Waals surface area contributed by atoms with E-state index in [4.69, 9.17) is 11.2 Å². The summed E-state index contributed by atoms with van der Waals surface area (Å²) >= 11 is 0.816. The van der Waals surface area contributed by atoms with Crippen molar-refractivity contribution in [3.05, 3.63) is 65.2 Å². The normalized spacial score (nSPS) is 14.7. The van der Waals surface area contributed by atoms with Gasteiger partial charge in [0.2, 0.25) is 5.91 Å². The molecule has 0 bridgehead atoms. The maximum atomic E-state index is 12.9. The van der Waals surface area contributed by atoms with Crippen LogP contribution in [-0.2, 0) is 16.1 Å². The summed E-state index contributed by atoms with van der Waals surface area (Å²) in [5.41, 5.74) is 2.27. The van der Waals surface area contributed by atoms with E-state index in [0.717, 1.165) is 33.1 Å². The SMILES string of the molecule is C#CCn1cc(C=C2SC(=O)N(CC(=O)Nc3ccc(OCC)cc3)C2=O)c2ccccc21. The monoisotopic (exact) mass is 459 g/mol. The highest BCUT2D eigenvalue weighted by Crippen LogP contribution is 2.34. The minimum absolute atomic E-state index is 0.262. The Balaban J connectivity index is 1.49. The highest BCUT2D eigenvalue weighted by Gasteiger charge is 2.36. The molecule has 4 rings (SSSR count). The number of carbonyl (C=O) groups is 3. The van der Waals surface area contributed by atoms with Crippen molar-refractivity contribution in [3.63, 3.8) is 0 Å². The first-order valence-corrected chi connectivity index (χ1v) is 11.1. The number of carbonyl (C=O) groups excluding carboxylic acids is 3. The van der Waals surface area contributed by atoms with Gasteiger partial charge in [-0.05, 0) is 55.1 Å². The molecule has 0 spiro atoms. The van der Waals surface area contributed by atoms with Crippen LogP contribution in [0.2, 0.25) is 0 Å². The minimum Gasteiger partial charge on any atom is -0.494 e. The Hall–Kier alpha value is -3.96. The molecule has 1 aliphatic heterocycles. The third-order valence-corrected chi connectivity index (χ3v) is 5.90. The highest BCUT2D eigenvalue weighted by molar-refractivity contribution is 8.18. The predicted molar refractivity (Wildman–Crippen MR) is 130 cm³/mol. The summed E-state index contributed by atoms with van der Waals surface area (Å²) < 4.78 is 7.29. The van der Waals surface area contributed by atoms with Crippen molar-refractivity contribution in [2.45, 2.75) is 13.5 Å². The lowest BCUT2D eigenvalue weighted by Crippen LogP contribution is -2.36. The summed E-state index contributed by atoms with van der Waals surface area (Å²) in [4.78, 5) is 39.0. The fourth-order valence-corrected chi connectivity index (χ4v) is 4.37. The quantitative estimate of drug-likeness (QED) is 0.420. The van der Waals surface area contributed by atoms with Crippen LogP contribution in [0.15, 0.2) is 59.6 Å². The Morgan fingerprint density at radius 2 is 1.94 bits per heavy atom. The first-order chi connectivity index (χ1) is 16.0. The van der Waals surface area contributed by atoms with Crippen molar-refractivity contribution in [2.75, 3.05) is 18.5 Å². The first kappa shape index (κ1) is 22.2. The molecule has 8 heteroatoms. The maximum Gasteiger partial charge on any atom is 0.294 e. The molecule has 1 aliphatic rings. The third-order valence-electron chi connectivity index (χ3n) is 4.99. The van der Waals surface area contributed by atoms with Gasteiger partial charge in [-0.15, -0.1) is 6.42 Å². The van der Waals surface area contributed by atoms with Crippen molar-refractivity contribution < 1.29 is 19.1 Å². The number of thioether (sulfide) groups is 1. The molecule has 0 radical (unpaired) electrons. The largest absolute Gasteiger partial charge is 0.494 e. The smallest absolute Gasteiger partial charge is 0.294 e. The Labute approximate surface area is 195 Å². The van der Waals surface area contributed by atoms with Crippen LogP contribution in [0.5, 0.6) is 5.75 Å². The second-order valence-electron chi connectivity index (χ2n) is 7.21. The Morgan fingerprint density at radius 3 is 2.67 bits per heavy atom. The van der Waals surface area contributed by atoms with Gasteiger partial charge in [0, 0.05) is 28.4 Å². The van der Waals surface area contributed by atoms with E-state index in [9.17, 15) is 14.4 Å². The van der Waals surface area contributed by atoms with E-state index in [-0.39, 0.29) is 11.4 Å². The average Bonchev–Trinajstić information content (AvgIpc) is 3.28. The molecule has 2 heterocycles. The standard InChI is InChI=1S/C25H21N3O4S/c1-3-13-27-15-17(20-7-5-6-8-21(20)27)14-22-24(30)28(25(31)33-22)16-23(29)26-18-9-11-19(12-10-18)32-4-2/h1,5-12,14-15H,4,13,16H2,2H3,(H,26,29). The molecule has 1 fully saturated rings. The van der Waals surface area contributed by atoms with E-state index in [0.29, 0.717) is 24.6 Å². The zero-order chi connectivity index (χ0) is 23.4. The second-order valence-corrected chi connectivity index (χ2v) is 8.20. The van der Waals surface area contributed by atoms with Crippen molar-refractivity contribution in [1.82, 2.24) is 9.47 Å². The van der Waals surface area contributed by atoms with Crippen LogP contribution in [0, 0.1) is 12.3 Å². The fraction of sp³-hybridized carbons (Fsp3) is 0.160. The number of benzene rings is 2. The molecule has 3 aromatic rings. The number of anilines is 1. The molecule has 3 amide bonds. The summed E-state index contributed by atoms with van der Waals surface area (Å²) in [7, 11) is 0. The molecule has 1 saturated heterocycles. The number of hydrogen-bond donors (Lipinski definition) is 1. The molecule has 1 aromatic heterocycles. The third kappa shape index (κ3) is 4.78. The molecule has 33 heavy (non-hydrogen) atoms. The number of fused-ring (bicyclic) bond motifs is 1. The van der Waals surface area contributed by atoms with Gasteiger partial charge >= 0.3 is 0 Å². The van der Waals surface area contributed by atoms with Gasteiger partial charge in [-0.3, -0.25) is 19.3 Å². The lowest BCUT2D eigenvalue weighted by atomic mass is 10.1. The van der Waals surface area contributed by atoms with E-state index < -0.39 is 17.1 Å². The number of rotatable bonds is 7. The van der Waals surface area contributed by atoms with Crippen molar-refractivity contribution in [3.8, 4) is 18.1 Å². The Kier molecular flexibility index (Phi) is 6.52. The van der Waals surface area contributed by atoms with Gasteiger partial charge in [0.05, 0.1) is 18.1 Å². The summed E-state index contributed by atoms with van der Waals surface area (Å²) in [6, 6.07) is 14.6. The summed E-state index contributed by atoms with van der Waals surface area (Å²) in [6.07, 6.45) is 8.99. The van der Waals surface area contributed by atoms with Crippen LogP contribution >= 0.6 is 11.8 Å². The zero-order valence-corrected chi connectivity index (χ0v) is 18.7. The van der Waals surface area contributed by atoms with Crippen LogP contribution in [0.3, 0.4) is 0 Å². The van der Waals surface area contributed by atoms with E-state index in [1.165, 1.54) is 0 Å². The first-order valence-electron chi connectivity index (χ1n) is 10.3. The zero-order valence-electron chi connectivity index (χ0n) is 17.9. The van der Waals surface area contributed by atoms with Gasteiger partial charge in [-0.25, -0.2) is 0 Å². The molecule has 2 aromatic carbocycles. The Bertz CT molecular complexity index is 1300. The minimum atomic E-state index is -0.499. The molecule has 166 valence electrons. The molecule has 0 unspecified atom stereocenters. The number of nitrogens with zero attached hydrogens (tertiary/aromatic N) is 2. The fourth-order valence-electron chi connectivity index (χ4n) is 3.54. The van der Waals surface area contributed by atoms with E-state index in [2.05, 4.69) is 11.2 Å². The molecule has 7 nitrogen and oxygen atoms in total. The van der Waals surface area contributed by atoms with Crippen LogP contribution in [0.1, 0.15) is 12.5 Å². The predicted octanol–water partition coefficient (Wildman–Crippen LogP) is 4.35. The number of nitrogens with one attached hydrogen (secondary N) is 1. The van der Waals surface area contributed by atoms with Crippen LogP contribution in [0.25, 0.3) is 17.0 Å². The van der Waals surface area contributed by atoms with Gasteiger partial charge in [0.1, 0.15) is 12.3 Å². The number of hydrogen-bond acceptors (Lipinski definition) is 5. The van der Waals surface area contributed by atoms with Gasteiger partial charge in [0.25, 0.3) is 11.1 Å². The number of terminal acetylenes is 1. The molecular formula is C25H21N3O4S. The number of imide groups is 1. The van der Waals surface area contributed by atoms with Crippen molar-refractivity contribution in [1.29, 1.82) is 0 Å². The molecule has 0 atom stereocenters. The van der Waals surface area contributed by atoms with E-state index in [1.54, 1.807) is 30.3 Å². The second kappa shape index (κ2) is 9.67. The topological polar surface area (TPSA) is 80.6 Å². The average molecular weight is 460 g/mol. The van der Waals surface area contributed by atoms with Crippen LogP contribution < -0.4 is 10.1 Å². The molecule has 0 aliphatic carbocycles. The van der Waals surface area contributed by atoms with E-state index in [1.807, 2.05) is 42.0 Å². The number of para-hydroxylation sites is 1. The number of aromatic nitrogens is 1. The lowest BCUT2D eigenvalue weighted by molar-refractivity contribution is -0.127. The summed E-state index contributed by atoms with van der Waals surface area (Å²) in [5.74, 6) is 2.34. The summed E-state index contributed by atoms with van der Waals surface area (Å²) in [5, 5.41) is 3.13. The van der Waals surface area contributed by atoms with Crippen molar-refractivity contribution >= 4 is 51.5 Å². The van der Waals surface area contributed by atoms with Crippen LogP contribution in [-0.4, -0.2) is 39.7 Å². The number of amides is 3. The van der Waals surface area contributed by atoms with Gasteiger partial charge in [-0.2, -0.15) is 0 Å². The van der Waals surface area contributed by atoms with E-state index >= 15 is 0 Å². The molecule has 1 N–H and O–H groups in total. The Morgan fingerprint density at radius 1 is 1.18 bits per heavy atom. The lowest BCUT2D eigenvalue weighted by Gasteiger charge is -2.12. The molecule has 0 saturated carbocycles. The van der Waals surface area contributed by atoms with Crippen molar-refractivity contribution in [2.24, 2.45) is 0 Å². The van der Waals surface area contributed by atoms with Crippen LogP contribution in [0.4, 0.5) is 10.5 Å². The van der Waals surface area contributed by atoms with Gasteiger partial charge < -0.3 is 14.6 Å². The molecular weight excluding hydrogens is 438 g/mol. The maximum absolute atomic E-state index is 12.9. The van der Waals surface area contributed by atoms with Gasteiger partial charge in [-0.1, -0.05) is 24.1 Å². The number of ether oxygens (including phenoxy) is 1. The summed E-state index contributed by atoms with van der Waals surface area (Å²) in [6.45, 7) is 2.45. The highest BCUT2D eigenvalue weighted by atomic mass is 32.2. The van der Waals surface area contributed by atoms with Gasteiger partial charge in [0.15, 0.2) is 0 Å².